The number of nitrogens with one attached hydrogen (secondary N) is 3. The smallest absolute Gasteiger partial charge is 0.405 e. The van der Waals surface area contributed by atoms with E-state index in [0.717, 1.165) is 32.1 Å². The van der Waals surface area contributed by atoms with Gasteiger partial charge in [0.15, 0.2) is 6.10 Å². The van der Waals surface area contributed by atoms with E-state index in [1.807, 2.05) is 12.2 Å². The van der Waals surface area contributed by atoms with Gasteiger partial charge in [-0.05, 0) is 57.8 Å². The van der Waals surface area contributed by atoms with Crippen LogP contribution >= 0.6 is 0 Å². The predicted octanol–water partition coefficient (Wildman–Crippen LogP) is 1.12. The number of primary amides is 1. The Morgan fingerprint density at radius 2 is 1.74 bits per heavy atom. The Balaban J connectivity index is 1.52. The van der Waals surface area contributed by atoms with Gasteiger partial charge in [-0.2, -0.15) is 13.1 Å². The number of hydrogen-bond acceptors (Lipinski definition) is 7. The zero-order chi connectivity index (χ0) is 27.3. The Hall–Kier alpha value is -2.67. The van der Waals surface area contributed by atoms with Gasteiger partial charge in [0.1, 0.15) is 11.6 Å². The van der Waals surface area contributed by atoms with Crippen molar-refractivity contribution >= 4 is 34.0 Å². The molecule has 2 saturated carbocycles. The Labute approximate surface area is 223 Å². The molecule has 38 heavy (non-hydrogen) atoms. The SMILES string of the molecule is NC(=O)OC1CCCCC/C=C\C2CC2(C(=O)NS(=O)(=O)NC2CCCCC2)NC(=O)C2CCCN2C1=O. The summed E-state index contributed by atoms with van der Waals surface area (Å²) in [7, 11) is -4.12. The van der Waals surface area contributed by atoms with Crippen LogP contribution in [-0.4, -0.2) is 67.4 Å². The first-order valence-electron chi connectivity index (χ1n) is 13.7. The maximum absolute atomic E-state index is 13.4. The van der Waals surface area contributed by atoms with Crippen LogP contribution in [0.1, 0.15) is 83.5 Å². The van der Waals surface area contributed by atoms with Gasteiger partial charge in [0.25, 0.3) is 11.8 Å². The number of nitrogens with zero attached hydrogens (tertiary/aromatic N) is 1. The van der Waals surface area contributed by atoms with E-state index in [0.29, 0.717) is 51.5 Å². The summed E-state index contributed by atoms with van der Waals surface area (Å²) in [5.41, 5.74) is 3.78. The molecule has 13 heteroatoms. The largest absolute Gasteiger partial charge is 0.436 e. The molecule has 212 valence electrons. The maximum Gasteiger partial charge on any atom is 0.405 e. The van der Waals surface area contributed by atoms with Gasteiger partial charge in [0.2, 0.25) is 5.91 Å². The van der Waals surface area contributed by atoms with Gasteiger partial charge in [0, 0.05) is 18.5 Å². The van der Waals surface area contributed by atoms with E-state index < -0.39 is 51.7 Å². The number of fused-ring (bicyclic) bond motifs is 2. The van der Waals surface area contributed by atoms with Gasteiger partial charge in [-0.15, -0.1) is 0 Å². The molecular formula is C25H39N5O7S. The summed E-state index contributed by atoms with van der Waals surface area (Å²) in [6.07, 6.45) is 10.5. The predicted molar refractivity (Wildman–Crippen MR) is 137 cm³/mol. The maximum atomic E-state index is 13.4. The first-order valence-corrected chi connectivity index (χ1v) is 15.2. The van der Waals surface area contributed by atoms with E-state index in [9.17, 15) is 27.6 Å². The normalized spacial score (nSPS) is 32.1. The third-order valence-electron chi connectivity index (χ3n) is 8.00. The quantitative estimate of drug-likeness (QED) is 0.369. The number of hydrogen-bond donors (Lipinski definition) is 4. The molecule has 1 saturated heterocycles. The number of amides is 4. The zero-order valence-corrected chi connectivity index (χ0v) is 22.5. The van der Waals surface area contributed by atoms with Crippen LogP contribution in [0.2, 0.25) is 0 Å². The molecule has 0 aromatic rings. The molecule has 4 amide bonds. The van der Waals surface area contributed by atoms with Crippen molar-refractivity contribution in [1.29, 1.82) is 0 Å². The van der Waals surface area contributed by atoms with Gasteiger partial charge in [0.05, 0.1) is 0 Å². The highest BCUT2D eigenvalue weighted by molar-refractivity contribution is 7.88. The number of nitrogens with two attached hydrogens (primary N) is 1. The summed E-state index contributed by atoms with van der Waals surface area (Å²) in [6, 6.07) is -1.09. The summed E-state index contributed by atoms with van der Waals surface area (Å²) in [5.74, 6) is -2.18. The number of carbonyl (C=O) groups is 4. The van der Waals surface area contributed by atoms with Crippen LogP contribution in [0.5, 0.6) is 0 Å². The molecule has 0 radical (unpaired) electrons. The molecule has 3 fully saturated rings. The summed E-state index contributed by atoms with van der Waals surface area (Å²) in [6.45, 7) is 0.303. The molecule has 5 N–H and O–H groups in total. The summed E-state index contributed by atoms with van der Waals surface area (Å²) >= 11 is 0. The fraction of sp³-hybridized carbons (Fsp3) is 0.760. The third-order valence-corrected chi connectivity index (χ3v) is 9.10. The molecule has 0 bridgehead atoms. The van der Waals surface area contributed by atoms with Crippen LogP contribution in [0, 0.1) is 5.92 Å². The third kappa shape index (κ3) is 6.85. The second kappa shape index (κ2) is 12.0. The van der Waals surface area contributed by atoms with E-state index in [1.54, 1.807) is 0 Å². The van der Waals surface area contributed by atoms with Crippen LogP contribution in [0.15, 0.2) is 12.2 Å². The molecule has 2 heterocycles. The van der Waals surface area contributed by atoms with Crippen molar-refractivity contribution in [2.75, 3.05) is 6.54 Å². The van der Waals surface area contributed by atoms with Gasteiger partial charge in [-0.25, -0.2) is 9.52 Å². The highest BCUT2D eigenvalue weighted by Gasteiger charge is 2.61. The lowest BCUT2D eigenvalue weighted by molar-refractivity contribution is -0.146. The van der Waals surface area contributed by atoms with Crippen LogP contribution < -0.4 is 20.5 Å². The molecule has 0 aromatic heterocycles. The van der Waals surface area contributed by atoms with Gasteiger partial charge in [-0.3, -0.25) is 14.4 Å². The van der Waals surface area contributed by atoms with Crippen LogP contribution in [0.25, 0.3) is 0 Å². The molecule has 4 unspecified atom stereocenters. The van der Waals surface area contributed by atoms with Crippen molar-refractivity contribution in [3.63, 3.8) is 0 Å². The lowest BCUT2D eigenvalue weighted by Crippen LogP contribution is -2.58. The Bertz CT molecular complexity index is 1060. The number of allylic oxidation sites excluding steroid dienone is 1. The van der Waals surface area contributed by atoms with Crippen molar-refractivity contribution < 1.29 is 32.3 Å². The minimum Gasteiger partial charge on any atom is -0.436 e. The average molecular weight is 554 g/mol. The summed E-state index contributed by atoms with van der Waals surface area (Å²) in [4.78, 5) is 52.9. The molecular weight excluding hydrogens is 514 g/mol. The van der Waals surface area contributed by atoms with E-state index in [2.05, 4.69) is 14.8 Å². The molecule has 0 aromatic carbocycles. The average Bonchev–Trinajstić information content (AvgIpc) is 3.32. The van der Waals surface area contributed by atoms with E-state index in [1.165, 1.54) is 4.90 Å². The number of rotatable bonds is 5. The van der Waals surface area contributed by atoms with Gasteiger partial charge >= 0.3 is 16.3 Å². The minimum absolute atomic E-state index is 0.224. The van der Waals surface area contributed by atoms with Crippen molar-refractivity contribution in [2.24, 2.45) is 11.7 Å². The molecule has 2 aliphatic carbocycles. The Kier molecular flexibility index (Phi) is 8.96. The van der Waals surface area contributed by atoms with Gasteiger partial charge in [-0.1, -0.05) is 37.8 Å². The highest BCUT2D eigenvalue weighted by Crippen LogP contribution is 2.45. The number of ether oxygens (including phenoxy) is 1. The van der Waals surface area contributed by atoms with Crippen molar-refractivity contribution in [3.8, 4) is 0 Å². The van der Waals surface area contributed by atoms with Crippen molar-refractivity contribution in [3.05, 3.63) is 12.2 Å². The Morgan fingerprint density at radius 3 is 2.47 bits per heavy atom. The molecule has 0 spiro atoms. The molecule has 4 atom stereocenters. The van der Waals surface area contributed by atoms with Gasteiger partial charge < -0.3 is 20.7 Å². The molecule has 4 aliphatic rings. The number of carbonyl (C=O) groups excluding carboxylic acids is 4. The standard InChI is InChI=1S/C25H39N5O7S/c26-24(34)37-20-14-8-3-1-2-5-10-17-16-25(17,27-21(31)19-13-9-15-30(19)22(20)32)23(33)29-38(35,36)28-18-11-6-4-7-12-18/h5,10,17-20,28H,1-4,6-9,11-16H2,(H2,26,34)(H,27,31)(H,29,33)/b10-5-. The lowest BCUT2D eigenvalue weighted by atomic mass is 9.96. The highest BCUT2D eigenvalue weighted by atomic mass is 32.2. The summed E-state index contributed by atoms with van der Waals surface area (Å²) < 4.78 is 35.3. The van der Waals surface area contributed by atoms with E-state index >= 15 is 0 Å². The molecule has 12 nitrogen and oxygen atoms in total. The minimum atomic E-state index is -4.12. The second-order valence-electron chi connectivity index (χ2n) is 10.8. The topological polar surface area (TPSA) is 177 Å². The molecule has 2 aliphatic heterocycles. The van der Waals surface area contributed by atoms with Crippen molar-refractivity contribution in [2.45, 2.75) is 107 Å². The van der Waals surface area contributed by atoms with Crippen LogP contribution in [0.3, 0.4) is 0 Å². The van der Waals surface area contributed by atoms with Crippen LogP contribution in [0.4, 0.5) is 4.79 Å². The first-order chi connectivity index (χ1) is 18.1. The zero-order valence-electron chi connectivity index (χ0n) is 21.7. The summed E-state index contributed by atoms with van der Waals surface area (Å²) in [5, 5.41) is 2.79. The molecule has 4 rings (SSSR count). The Morgan fingerprint density at radius 1 is 1.03 bits per heavy atom. The van der Waals surface area contributed by atoms with Crippen LogP contribution in [-0.2, 0) is 29.3 Å². The van der Waals surface area contributed by atoms with E-state index in [-0.39, 0.29) is 18.4 Å². The monoisotopic (exact) mass is 553 g/mol. The van der Waals surface area contributed by atoms with Crippen molar-refractivity contribution in [1.82, 2.24) is 19.7 Å². The van der Waals surface area contributed by atoms with E-state index in [4.69, 9.17) is 10.5 Å². The fourth-order valence-corrected chi connectivity index (χ4v) is 7.02. The first kappa shape index (κ1) is 28.3. The lowest BCUT2D eigenvalue weighted by Gasteiger charge is -2.29. The second-order valence-corrected chi connectivity index (χ2v) is 12.3. The fourth-order valence-electron chi connectivity index (χ4n) is 5.86.